The molecule has 1 aromatic rings. The predicted octanol–water partition coefficient (Wildman–Crippen LogP) is 0.426. The maximum Gasteiger partial charge on any atom is 0.337 e. The van der Waals surface area contributed by atoms with Crippen molar-refractivity contribution in [1.82, 2.24) is 0 Å². The van der Waals surface area contributed by atoms with E-state index in [1.165, 1.54) is 0 Å². The second-order valence-corrected chi connectivity index (χ2v) is 4.04. The van der Waals surface area contributed by atoms with Gasteiger partial charge in [0.15, 0.2) is 0 Å². The molecule has 7 heteroatoms. The van der Waals surface area contributed by atoms with E-state index in [4.69, 9.17) is 4.55 Å². The van der Waals surface area contributed by atoms with E-state index < -0.39 is 26.7 Å². The number of phenolic OH excluding ortho intramolecular Hbond substituents is 1. The Kier molecular flexibility index (Phi) is 2.96. The SMILES string of the molecule is COC(=O)c1ccc(S(=O)(=O)O)c(O)c1. The van der Waals surface area contributed by atoms with Crippen LogP contribution in [0.4, 0.5) is 0 Å². The first kappa shape index (κ1) is 11.5. The van der Waals surface area contributed by atoms with Gasteiger partial charge < -0.3 is 9.84 Å². The van der Waals surface area contributed by atoms with Gasteiger partial charge in [0.25, 0.3) is 10.1 Å². The fourth-order valence-corrected chi connectivity index (χ4v) is 1.54. The van der Waals surface area contributed by atoms with Gasteiger partial charge in [0.05, 0.1) is 12.7 Å². The summed E-state index contributed by atoms with van der Waals surface area (Å²) in [7, 11) is -3.34. The van der Waals surface area contributed by atoms with Crippen LogP contribution < -0.4 is 0 Å². The maximum atomic E-state index is 11.0. The molecule has 0 spiro atoms. The summed E-state index contributed by atoms with van der Waals surface area (Å²) in [5.74, 6) is -1.42. The van der Waals surface area contributed by atoms with Crippen LogP contribution in [0.15, 0.2) is 23.1 Å². The highest BCUT2D eigenvalue weighted by atomic mass is 32.2. The molecule has 0 radical (unpaired) electrons. The molecule has 82 valence electrons. The first-order valence-corrected chi connectivity index (χ1v) is 5.19. The quantitative estimate of drug-likeness (QED) is 0.566. The van der Waals surface area contributed by atoms with Crippen LogP contribution in [0.1, 0.15) is 10.4 Å². The summed E-state index contributed by atoms with van der Waals surface area (Å²) < 4.78 is 34.4. The number of carbonyl (C=O) groups excluding carboxylic acids is 1. The molecule has 0 amide bonds. The third-order valence-electron chi connectivity index (χ3n) is 1.66. The van der Waals surface area contributed by atoms with Crippen molar-refractivity contribution >= 4 is 16.1 Å². The van der Waals surface area contributed by atoms with E-state index in [2.05, 4.69) is 4.74 Å². The van der Waals surface area contributed by atoms with E-state index >= 15 is 0 Å². The van der Waals surface area contributed by atoms with E-state index in [1.807, 2.05) is 0 Å². The minimum absolute atomic E-state index is 0.0117. The molecule has 0 heterocycles. The third kappa shape index (κ3) is 2.45. The van der Waals surface area contributed by atoms with E-state index in [9.17, 15) is 18.3 Å². The topological polar surface area (TPSA) is 101 Å². The summed E-state index contributed by atoms with van der Waals surface area (Å²) in [5.41, 5.74) is -0.0117. The summed E-state index contributed by atoms with van der Waals surface area (Å²) in [5, 5.41) is 9.22. The van der Waals surface area contributed by atoms with Crippen LogP contribution in [0.2, 0.25) is 0 Å². The fraction of sp³-hybridized carbons (Fsp3) is 0.125. The van der Waals surface area contributed by atoms with Gasteiger partial charge in [-0.15, -0.1) is 0 Å². The highest BCUT2D eigenvalue weighted by molar-refractivity contribution is 7.86. The number of esters is 1. The number of carbonyl (C=O) groups is 1. The molecule has 0 saturated carbocycles. The Morgan fingerprint density at radius 3 is 2.40 bits per heavy atom. The van der Waals surface area contributed by atoms with Gasteiger partial charge in [-0.2, -0.15) is 8.42 Å². The van der Waals surface area contributed by atoms with Crippen LogP contribution in [-0.4, -0.2) is 31.2 Å². The summed E-state index contributed by atoms with van der Waals surface area (Å²) in [6.07, 6.45) is 0. The minimum atomic E-state index is -4.48. The van der Waals surface area contributed by atoms with Gasteiger partial charge in [-0.05, 0) is 18.2 Å². The molecule has 0 fully saturated rings. The van der Waals surface area contributed by atoms with Crippen molar-refractivity contribution in [1.29, 1.82) is 0 Å². The van der Waals surface area contributed by atoms with Gasteiger partial charge in [-0.3, -0.25) is 4.55 Å². The first-order chi connectivity index (χ1) is 6.86. The highest BCUT2D eigenvalue weighted by Gasteiger charge is 2.17. The number of benzene rings is 1. The molecule has 0 aliphatic rings. The van der Waals surface area contributed by atoms with E-state index in [0.29, 0.717) is 0 Å². The number of rotatable bonds is 2. The zero-order valence-electron chi connectivity index (χ0n) is 7.67. The molecule has 0 atom stereocenters. The normalized spacial score (nSPS) is 11.1. The highest BCUT2D eigenvalue weighted by Crippen LogP contribution is 2.23. The number of hydrogen-bond acceptors (Lipinski definition) is 5. The van der Waals surface area contributed by atoms with Gasteiger partial charge >= 0.3 is 5.97 Å². The second-order valence-electron chi connectivity index (χ2n) is 2.65. The Bertz CT molecular complexity index is 490. The lowest BCUT2D eigenvalue weighted by Gasteiger charge is -2.03. The number of phenols is 1. The molecule has 0 bridgehead atoms. The Labute approximate surface area is 85.9 Å². The van der Waals surface area contributed by atoms with Gasteiger partial charge in [0.1, 0.15) is 10.6 Å². The Morgan fingerprint density at radius 1 is 1.40 bits per heavy atom. The molecule has 0 unspecified atom stereocenters. The average molecular weight is 232 g/mol. The summed E-state index contributed by atoms with van der Waals surface area (Å²) in [6, 6.07) is 2.93. The summed E-state index contributed by atoms with van der Waals surface area (Å²) >= 11 is 0. The second kappa shape index (κ2) is 3.87. The van der Waals surface area contributed by atoms with Gasteiger partial charge in [0.2, 0.25) is 0 Å². The van der Waals surface area contributed by atoms with E-state index in [-0.39, 0.29) is 5.56 Å². The molecule has 1 aromatic carbocycles. The van der Waals surface area contributed by atoms with Crippen molar-refractivity contribution < 1.29 is 27.6 Å². The van der Waals surface area contributed by atoms with Crippen molar-refractivity contribution in [2.75, 3.05) is 7.11 Å². The Hall–Kier alpha value is -1.60. The van der Waals surface area contributed by atoms with E-state index in [1.54, 1.807) is 0 Å². The molecule has 0 saturated heterocycles. The van der Waals surface area contributed by atoms with Crippen LogP contribution in [0.5, 0.6) is 5.75 Å². The zero-order valence-corrected chi connectivity index (χ0v) is 8.48. The van der Waals surface area contributed by atoms with Crippen LogP contribution >= 0.6 is 0 Å². The standard InChI is InChI=1S/C8H8O6S/c1-14-8(10)5-2-3-7(6(9)4-5)15(11,12)13/h2-4,9H,1H3,(H,11,12,13). The number of hydrogen-bond donors (Lipinski definition) is 2. The van der Waals surface area contributed by atoms with Gasteiger partial charge in [0, 0.05) is 0 Å². The summed E-state index contributed by atoms with van der Waals surface area (Å²) in [4.78, 5) is 10.3. The van der Waals surface area contributed by atoms with Crippen molar-refractivity contribution in [3.8, 4) is 5.75 Å². The molecule has 2 N–H and O–H groups in total. The lowest BCUT2D eigenvalue weighted by molar-refractivity contribution is 0.0600. The number of aromatic hydroxyl groups is 1. The lowest BCUT2D eigenvalue weighted by atomic mass is 10.2. The van der Waals surface area contributed by atoms with Crippen LogP contribution in [0.25, 0.3) is 0 Å². The molecular weight excluding hydrogens is 224 g/mol. The first-order valence-electron chi connectivity index (χ1n) is 3.75. The van der Waals surface area contributed by atoms with Gasteiger partial charge in [-0.1, -0.05) is 0 Å². The molecule has 15 heavy (non-hydrogen) atoms. The number of ether oxygens (including phenoxy) is 1. The zero-order chi connectivity index (χ0) is 11.6. The monoisotopic (exact) mass is 232 g/mol. The largest absolute Gasteiger partial charge is 0.506 e. The lowest BCUT2D eigenvalue weighted by Crippen LogP contribution is -2.03. The third-order valence-corrected chi connectivity index (χ3v) is 2.56. The molecular formula is C8H8O6S. The molecule has 6 nitrogen and oxygen atoms in total. The van der Waals surface area contributed by atoms with Gasteiger partial charge in [-0.25, -0.2) is 4.79 Å². The Balaban J connectivity index is 3.27. The molecule has 0 aliphatic heterocycles. The molecule has 1 rings (SSSR count). The smallest absolute Gasteiger partial charge is 0.337 e. The number of methoxy groups -OCH3 is 1. The average Bonchev–Trinajstić information content (AvgIpc) is 2.14. The van der Waals surface area contributed by atoms with E-state index in [0.717, 1.165) is 25.3 Å². The molecule has 0 aromatic heterocycles. The maximum absolute atomic E-state index is 11.0. The Morgan fingerprint density at radius 2 is 2.00 bits per heavy atom. The van der Waals surface area contributed by atoms with Crippen molar-refractivity contribution in [2.45, 2.75) is 4.90 Å². The molecule has 0 aliphatic carbocycles. The predicted molar refractivity (Wildman–Crippen MR) is 49.3 cm³/mol. The van der Waals surface area contributed by atoms with Crippen molar-refractivity contribution in [2.24, 2.45) is 0 Å². The van der Waals surface area contributed by atoms with Crippen LogP contribution in [-0.2, 0) is 14.9 Å². The van der Waals surface area contributed by atoms with Crippen molar-refractivity contribution in [3.63, 3.8) is 0 Å². The van der Waals surface area contributed by atoms with Crippen LogP contribution in [0.3, 0.4) is 0 Å². The fourth-order valence-electron chi connectivity index (χ4n) is 0.980. The van der Waals surface area contributed by atoms with Crippen LogP contribution in [0, 0.1) is 0 Å². The summed E-state index contributed by atoms with van der Waals surface area (Å²) in [6.45, 7) is 0. The minimum Gasteiger partial charge on any atom is -0.506 e. The van der Waals surface area contributed by atoms with Crippen molar-refractivity contribution in [3.05, 3.63) is 23.8 Å².